The highest BCUT2D eigenvalue weighted by Crippen LogP contribution is 2.57. The highest BCUT2D eigenvalue weighted by Gasteiger charge is 2.54. The molecule has 0 aliphatic heterocycles. The van der Waals surface area contributed by atoms with Gasteiger partial charge in [-0.05, 0) is 187 Å². The van der Waals surface area contributed by atoms with Crippen LogP contribution in [0.25, 0.3) is 0 Å². The fraction of sp³-hybridized carbons (Fsp3) is 0.913. The second-order valence-electron chi connectivity index (χ2n) is 37.3. The molecule has 0 N–H and O–H groups in total. The van der Waals surface area contributed by atoms with Crippen molar-refractivity contribution in [3.8, 4) is 0 Å². The van der Waals surface area contributed by atoms with E-state index in [9.17, 15) is 43.2 Å². The van der Waals surface area contributed by atoms with Crippen molar-refractivity contribution in [2.75, 3.05) is 69.0 Å². The lowest BCUT2D eigenvalue weighted by molar-refractivity contribution is -0.197. The first-order valence-electron chi connectivity index (χ1n) is 51.0. The molecule has 26 heteroatoms. The molecule has 6 fully saturated rings. The predicted octanol–water partition coefficient (Wildman–Crippen LogP) is 24.2. The van der Waals surface area contributed by atoms with Crippen LogP contribution in [0, 0.1) is 107 Å². The quantitative estimate of drug-likeness (QED) is 0.0236. The summed E-state index contributed by atoms with van der Waals surface area (Å²) in [6.07, 6.45) is 34.1. The van der Waals surface area contributed by atoms with Crippen molar-refractivity contribution in [1.29, 1.82) is 0 Å². The minimum atomic E-state index is -0.415. The highest BCUT2D eigenvalue weighted by molar-refractivity contribution is 5.75. The van der Waals surface area contributed by atoms with Gasteiger partial charge in [-0.2, -0.15) is 0 Å². The first-order valence-corrected chi connectivity index (χ1v) is 51.0. The summed E-state index contributed by atoms with van der Waals surface area (Å²) < 4.78 is 88.8. The molecule has 6 aliphatic rings. The number of hydrogen-bond acceptors (Lipinski definition) is 26. The van der Waals surface area contributed by atoms with Crippen LogP contribution in [0.15, 0.2) is 0 Å². The summed E-state index contributed by atoms with van der Waals surface area (Å²) >= 11 is 0. The Kier molecular flexibility index (Phi) is 77.4. The van der Waals surface area contributed by atoms with Gasteiger partial charge in [0.25, 0.3) is 0 Å². The number of ether oxygens (including phenoxy) is 17. The minimum Gasteiger partial charge on any atom is -0.459 e. The standard InChI is InChI=1S/C17H28O2.C14H26O3.C13H24O3.C12H22O3.C12H24O3.C11H22O3.C10H20O3.C8H16O3.C7H14O3/c1-3-12(2)16(18)19-17(8-4-5-9-17)15-11-13-6-7-14(15)10-13;1-4-11(3)13(15)17-14(16-5-2)12-9-7-6-8-10-12;1-4-10(2)12(14)16-13(15-3)11-8-6-5-7-9-11;1-4-9(2)11(13)15-12(14-3)10-7-5-6-8-10;1-6-9(4)11(13)15-12(14-5)10(7-2)8-3;1-6-9(5)10(12)14-11(8(3)4)13-7-2;1-6-8(4)9(11)13-10(12-5)7(2)3;1-4-7(3)8(9)11-6-10-5-2;1-4-6(2)7(8)10-5-9-3/h12-15H,3-11H2,1-2H3;11-12,14H,4-10H2,1-3H3;10-11,13H,4-9H2,1-3H3;9-10,12H,4-8H2,1-3H3;9-10,12H,6-8H2,1-5H3;8-9,11H,6-7H2,1-5H3;7-8,10H,6H2,1-5H3;7H,4-6H2,1-3H3;6H,4-5H2,1-3H3. The van der Waals surface area contributed by atoms with Crippen LogP contribution in [0.1, 0.15) is 399 Å². The average Bonchev–Trinajstić information content (AvgIpc) is 1.61. The van der Waals surface area contributed by atoms with E-state index in [4.69, 9.17) is 71.1 Å². The maximum atomic E-state index is 12.3. The molecule has 0 radical (unpaired) electrons. The SMILES string of the molecule is CCC(C)C(=O)OC(OC)C(C)C.CCC(C)C(=O)OC(OC)C(CC)CC.CCC(C)C(=O)OC(OC)C1CCCC1.CCC(C)C(=O)OC(OC)C1CCCCC1.CCC(C)C(=O)OC1(C2CC3CCC2C3)CCCC1.CCC(C)C(=O)OCOC.CCOC(OC(=O)C(C)CC)C(C)C.CCOC(OC(=O)C(C)CC)C1CCCCC1.CCOCOC(=O)C(C)CC. The zero-order valence-electron chi connectivity index (χ0n) is 88.3. The molecule has 6 aliphatic carbocycles. The van der Waals surface area contributed by atoms with E-state index in [0.717, 1.165) is 134 Å². The van der Waals surface area contributed by atoms with Crippen LogP contribution in [0.4, 0.5) is 0 Å². The molecule has 2 bridgehead atoms. The van der Waals surface area contributed by atoms with Gasteiger partial charge in [0.2, 0.25) is 37.7 Å². The van der Waals surface area contributed by atoms with Crippen LogP contribution < -0.4 is 0 Å². The van der Waals surface area contributed by atoms with E-state index >= 15 is 0 Å². The third-order valence-electron chi connectivity index (χ3n) is 26.5. The lowest BCUT2D eigenvalue weighted by Gasteiger charge is -2.40. The van der Waals surface area contributed by atoms with E-state index in [0.29, 0.717) is 49.4 Å². The van der Waals surface area contributed by atoms with Crippen molar-refractivity contribution < 1.29 is 124 Å². The molecular weight excluding hydrogens is 1670 g/mol. The van der Waals surface area contributed by atoms with Gasteiger partial charge >= 0.3 is 53.7 Å². The molecular formula is C104H196O26. The van der Waals surface area contributed by atoms with Crippen LogP contribution in [-0.2, 0) is 124 Å². The van der Waals surface area contributed by atoms with Gasteiger partial charge in [-0.25, -0.2) is 0 Å². The Bertz CT molecular complexity index is 2820. The van der Waals surface area contributed by atoms with Crippen LogP contribution in [-0.4, -0.2) is 166 Å². The summed E-state index contributed by atoms with van der Waals surface area (Å²) in [5, 5.41) is 0. The summed E-state index contributed by atoms with van der Waals surface area (Å²) in [4.78, 5) is 104. The average molecular weight is 1860 g/mol. The summed E-state index contributed by atoms with van der Waals surface area (Å²) in [6.45, 7) is 54.5. The molecule has 18 atom stereocenters. The van der Waals surface area contributed by atoms with Crippen molar-refractivity contribution in [1.82, 2.24) is 0 Å². The molecule has 0 aromatic heterocycles. The molecule has 18 unspecified atom stereocenters. The molecule has 0 saturated heterocycles. The van der Waals surface area contributed by atoms with Crippen molar-refractivity contribution in [3.05, 3.63) is 0 Å². The summed E-state index contributed by atoms with van der Waals surface area (Å²) in [7, 11) is 7.88. The number of carbonyl (C=O) groups is 9. The lowest BCUT2D eigenvalue weighted by atomic mass is 9.75. The van der Waals surface area contributed by atoms with Gasteiger partial charge < -0.3 is 80.5 Å². The molecule has 768 valence electrons. The number of esters is 9. The first-order chi connectivity index (χ1) is 61.8. The Hall–Kier alpha value is -5.09. The Labute approximate surface area is 791 Å². The van der Waals surface area contributed by atoms with E-state index in [2.05, 4.69) is 30.2 Å². The van der Waals surface area contributed by atoms with Gasteiger partial charge in [0.15, 0.2) is 13.6 Å². The molecule has 0 amide bonds. The van der Waals surface area contributed by atoms with Crippen LogP contribution in [0.3, 0.4) is 0 Å². The largest absolute Gasteiger partial charge is 0.459 e. The number of hydrogen-bond donors (Lipinski definition) is 0. The van der Waals surface area contributed by atoms with Gasteiger partial charge in [0.1, 0.15) is 5.60 Å². The summed E-state index contributed by atoms with van der Waals surface area (Å²) in [5.74, 6) is 3.00. The Balaban J connectivity index is -0.00000140. The molecule has 130 heavy (non-hydrogen) atoms. The van der Waals surface area contributed by atoms with Gasteiger partial charge in [-0.3, -0.25) is 43.2 Å². The van der Waals surface area contributed by atoms with E-state index < -0.39 is 12.6 Å². The second-order valence-corrected chi connectivity index (χ2v) is 37.3. The zero-order chi connectivity index (χ0) is 99.4. The van der Waals surface area contributed by atoms with Gasteiger partial charge in [-0.1, -0.05) is 224 Å². The van der Waals surface area contributed by atoms with Crippen molar-refractivity contribution in [3.63, 3.8) is 0 Å². The maximum Gasteiger partial charge on any atom is 0.310 e. The normalized spacial score (nSPS) is 20.3. The third-order valence-corrected chi connectivity index (χ3v) is 26.5. The van der Waals surface area contributed by atoms with Crippen LogP contribution >= 0.6 is 0 Å². The van der Waals surface area contributed by atoms with Gasteiger partial charge in [0, 0.05) is 96.8 Å². The number of carbonyl (C=O) groups excluding carboxylic acids is 9. The van der Waals surface area contributed by atoms with E-state index in [1.165, 1.54) is 97.0 Å². The molecule has 6 saturated carbocycles. The highest BCUT2D eigenvalue weighted by atomic mass is 16.7. The van der Waals surface area contributed by atoms with E-state index in [1.54, 1.807) is 28.4 Å². The van der Waals surface area contributed by atoms with Crippen molar-refractivity contribution >= 4 is 53.7 Å². The Morgan fingerprint density at radius 1 is 0.292 bits per heavy atom. The molecule has 0 heterocycles. The zero-order valence-corrected chi connectivity index (χ0v) is 88.3. The third kappa shape index (κ3) is 54.0. The summed E-state index contributed by atoms with van der Waals surface area (Å²) in [6, 6.07) is 0. The molecule has 6 rings (SSSR count). The number of rotatable bonds is 47. The fourth-order valence-corrected chi connectivity index (χ4v) is 15.3. The second kappa shape index (κ2) is 78.0. The fourth-order valence-electron chi connectivity index (χ4n) is 15.3. The van der Waals surface area contributed by atoms with Crippen LogP contribution in [0.2, 0.25) is 0 Å². The smallest absolute Gasteiger partial charge is 0.310 e. The molecule has 0 spiro atoms. The Morgan fingerprint density at radius 3 is 0.908 bits per heavy atom. The molecule has 0 aromatic carbocycles. The minimum absolute atomic E-state index is 0.0181. The van der Waals surface area contributed by atoms with E-state index in [-0.39, 0.29) is 163 Å². The maximum absolute atomic E-state index is 12.3. The summed E-state index contributed by atoms with van der Waals surface area (Å²) in [5.41, 5.74) is -0.0691. The monoisotopic (exact) mass is 1860 g/mol. The van der Waals surface area contributed by atoms with E-state index in [1.807, 2.05) is 166 Å². The Morgan fingerprint density at radius 2 is 0.608 bits per heavy atom. The van der Waals surface area contributed by atoms with Crippen LogP contribution in [0.5, 0.6) is 0 Å². The van der Waals surface area contributed by atoms with Gasteiger partial charge in [-0.15, -0.1) is 0 Å². The number of fused-ring (bicyclic) bond motifs is 2. The molecule has 0 aromatic rings. The van der Waals surface area contributed by atoms with Crippen molar-refractivity contribution in [2.24, 2.45) is 107 Å². The van der Waals surface area contributed by atoms with Crippen molar-refractivity contribution in [2.45, 2.75) is 442 Å². The topological polar surface area (TPSA) is 311 Å². The van der Waals surface area contributed by atoms with Gasteiger partial charge in [0.05, 0.1) is 53.3 Å². The lowest BCUT2D eigenvalue weighted by Crippen LogP contribution is -2.43. The predicted molar refractivity (Wildman–Crippen MR) is 511 cm³/mol. The molecule has 26 nitrogen and oxygen atoms in total. The first kappa shape index (κ1) is 129. The number of methoxy groups -OCH3 is 5.